The molecule has 0 radical (unpaired) electrons. The van der Waals surface area contributed by atoms with E-state index in [2.05, 4.69) is 0 Å². The summed E-state index contributed by atoms with van der Waals surface area (Å²) in [5, 5.41) is 0. The Hall–Kier alpha value is -1.87. The molecule has 1 aromatic carbocycles. The van der Waals surface area contributed by atoms with Gasteiger partial charge in [0, 0.05) is 6.54 Å². The SMILES string of the molecule is CC(CN1C(=O)c2ccccc2C1=O)OCCOCCOCC(F)CN. The van der Waals surface area contributed by atoms with Crippen molar-refractivity contribution in [3.63, 3.8) is 0 Å². The molecule has 7 nitrogen and oxygen atoms in total. The molecule has 144 valence electrons. The standard InChI is InChI=1S/C18H25FN2O5/c1-13(26-9-8-24-6-7-25-12-14(19)10-20)11-21-17(22)15-4-2-3-5-16(15)18(21)23/h2-5,13-14H,6-12,20H2,1H3. The number of amides is 2. The molecule has 8 heteroatoms. The molecule has 0 bridgehead atoms. The number of carbonyl (C=O) groups excluding carboxylic acids is 2. The van der Waals surface area contributed by atoms with Crippen molar-refractivity contribution in [1.29, 1.82) is 0 Å². The van der Waals surface area contributed by atoms with E-state index in [1.807, 2.05) is 0 Å². The fourth-order valence-corrected chi connectivity index (χ4v) is 2.52. The average Bonchev–Trinajstić information content (AvgIpc) is 2.89. The van der Waals surface area contributed by atoms with E-state index in [0.717, 1.165) is 0 Å². The third kappa shape index (κ3) is 5.57. The maximum Gasteiger partial charge on any atom is 0.261 e. The van der Waals surface area contributed by atoms with Crippen LogP contribution < -0.4 is 5.73 Å². The third-order valence-corrected chi connectivity index (χ3v) is 3.87. The molecule has 2 N–H and O–H groups in total. The second-order valence-electron chi connectivity index (χ2n) is 5.97. The van der Waals surface area contributed by atoms with Crippen molar-refractivity contribution < 1.29 is 28.2 Å². The molecule has 0 saturated carbocycles. The molecule has 2 rings (SSSR count). The molecule has 1 heterocycles. The number of imide groups is 1. The van der Waals surface area contributed by atoms with Crippen LogP contribution >= 0.6 is 0 Å². The zero-order valence-electron chi connectivity index (χ0n) is 14.9. The molecule has 1 aromatic rings. The van der Waals surface area contributed by atoms with Gasteiger partial charge in [0.2, 0.25) is 0 Å². The first-order valence-corrected chi connectivity index (χ1v) is 8.61. The zero-order chi connectivity index (χ0) is 18.9. The van der Waals surface area contributed by atoms with Crippen molar-refractivity contribution in [3.8, 4) is 0 Å². The highest BCUT2D eigenvalue weighted by Crippen LogP contribution is 2.22. The maximum absolute atomic E-state index is 12.8. The lowest BCUT2D eigenvalue weighted by molar-refractivity contribution is -0.0168. The van der Waals surface area contributed by atoms with Gasteiger partial charge in [0.05, 0.1) is 56.8 Å². The topological polar surface area (TPSA) is 91.1 Å². The minimum atomic E-state index is -1.15. The van der Waals surface area contributed by atoms with E-state index in [0.29, 0.717) is 30.9 Å². The number of carbonyl (C=O) groups is 2. The lowest BCUT2D eigenvalue weighted by Crippen LogP contribution is -2.37. The quantitative estimate of drug-likeness (QED) is 0.437. The summed E-state index contributed by atoms with van der Waals surface area (Å²) >= 11 is 0. The average molecular weight is 368 g/mol. The number of hydrogen-bond donors (Lipinski definition) is 1. The third-order valence-electron chi connectivity index (χ3n) is 3.87. The number of hydrogen-bond acceptors (Lipinski definition) is 6. The van der Waals surface area contributed by atoms with Crippen LogP contribution in [-0.4, -0.2) is 75.1 Å². The van der Waals surface area contributed by atoms with Crippen LogP contribution in [-0.2, 0) is 14.2 Å². The van der Waals surface area contributed by atoms with Crippen molar-refractivity contribution in [2.75, 3.05) is 46.1 Å². The summed E-state index contributed by atoms with van der Waals surface area (Å²) < 4.78 is 28.7. The summed E-state index contributed by atoms with van der Waals surface area (Å²) in [4.78, 5) is 25.7. The number of fused-ring (bicyclic) bond motifs is 1. The van der Waals surface area contributed by atoms with Gasteiger partial charge in [-0.2, -0.15) is 0 Å². The normalized spacial score (nSPS) is 16.0. The molecule has 2 unspecified atom stereocenters. The summed E-state index contributed by atoms with van der Waals surface area (Å²) in [5.41, 5.74) is 5.99. The van der Waals surface area contributed by atoms with Gasteiger partial charge < -0.3 is 19.9 Å². The van der Waals surface area contributed by atoms with Crippen molar-refractivity contribution in [2.45, 2.75) is 19.2 Å². The van der Waals surface area contributed by atoms with Crippen molar-refractivity contribution in [2.24, 2.45) is 5.73 Å². The molecular formula is C18H25FN2O5. The molecule has 0 fully saturated rings. The van der Waals surface area contributed by atoms with Crippen LogP contribution in [0.4, 0.5) is 4.39 Å². The number of alkyl halides is 1. The smallest absolute Gasteiger partial charge is 0.261 e. The van der Waals surface area contributed by atoms with E-state index >= 15 is 0 Å². The van der Waals surface area contributed by atoms with E-state index in [1.165, 1.54) is 4.90 Å². The molecule has 2 atom stereocenters. The molecule has 0 spiro atoms. The number of nitrogens with two attached hydrogens (primary N) is 1. The highest BCUT2D eigenvalue weighted by Gasteiger charge is 2.35. The highest BCUT2D eigenvalue weighted by molar-refractivity contribution is 6.21. The predicted molar refractivity (Wildman–Crippen MR) is 92.8 cm³/mol. The van der Waals surface area contributed by atoms with Crippen LogP contribution in [0.5, 0.6) is 0 Å². The first kappa shape index (κ1) is 20.4. The first-order chi connectivity index (χ1) is 12.5. The first-order valence-electron chi connectivity index (χ1n) is 8.61. The van der Waals surface area contributed by atoms with Crippen molar-refractivity contribution >= 4 is 11.8 Å². The summed E-state index contributed by atoms with van der Waals surface area (Å²) in [6, 6.07) is 6.77. The minimum Gasteiger partial charge on any atom is -0.377 e. The van der Waals surface area contributed by atoms with E-state index in [-0.39, 0.29) is 44.2 Å². The Kier molecular flexibility index (Phi) is 8.11. The maximum atomic E-state index is 12.8. The zero-order valence-corrected chi connectivity index (χ0v) is 14.9. The predicted octanol–water partition coefficient (Wildman–Crippen LogP) is 1.02. The van der Waals surface area contributed by atoms with Gasteiger partial charge in [0.15, 0.2) is 0 Å². The van der Waals surface area contributed by atoms with Crippen LogP contribution in [0.1, 0.15) is 27.6 Å². The van der Waals surface area contributed by atoms with Gasteiger partial charge in [0.1, 0.15) is 6.17 Å². The van der Waals surface area contributed by atoms with Crippen LogP contribution in [0.25, 0.3) is 0 Å². The van der Waals surface area contributed by atoms with E-state index in [9.17, 15) is 14.0 Å². The molecule has 1 aliphatic rings. The Bertz CT molecular complexity index is 578. The Balaban J connectivity index is 1.59. The Labute approximate surface area is 152 Å². The van der Waals surface area contributed by atoms with Crippen molar-refractivity contribution in [3.05, 3.63) is 35.4 Å². The highest BCUT2D eigenvalue weighted by atomic mass is 19.1. The Morgan fingerprint density at radius 1 is 1.04 bits per heavy atom. The Morgan fingerprint density at radius 3 is 2.23 bits per heavy atom. The molecule has 0 aromatic heterocycles. The summed E-state index contributed by atoms with van der Waals surface area (Å²) in [6.45, 7) is 3.16. The number of halogens is 1. The van der Waals surface area contributed by atoms with Crippen LogP contribution in [0.2, 0.25) is 0 Å². The summed E-state index contributed by atoms with van der Waals surface area (Å²) in [6.07, 6.45) is -1.46. The fourth-order valence-electron chi connectivity index (χ4n) is 2.52. The second kappa shape index (κ2) is 10.3. The van der Waals surface area contributed by atoms with Gasteiger partial charge in [-0.05, 0) is 19.1 Å². The molecular weight excluding hydrogens is 343 g/mol. The van der Waals surface area contributed by atoms with Crippen LogP contribution in [0, 0.1) is 0 Å². The molecule has 0 aliphatic carbocycles. The van der Waals surface area contributed by atoms with Gasteiger partial charge >= 0.3 is 0 Å². The van der Waals surface area contributed by atoms with E-state index < -0.39 is 6.17 Å². The van der Waals surface area contributed by atoms with Gasteiger partial charge in [-0.1, -0.05) is 12.1 Å². The largest absolute Gasteiger partial charge is 0.377 e. The number of ether oxygens (including phenoxy) is 3. The lowest BCUT2D eigenvalue weighted by atomic mass is 10.1. The van der Waals surface area contributed by atoms with Gasteiger partial charge in [0.25, 0.3) is 11.8 Å². The summed E-state index contributed by atoms with van der Waals surface area (Å²) in [5.74, 6) is -0.587. The minimum absolute atomic E-state index is 0.0341. The van der Waals surface area contributed by atoms with Crippen LogP contribution in [0.15, 0.2) is 24.3 Å². The monoisotopic (exact) mass is 368 g/mol. The number of benzene rings is 1. The number of nitrogens with zero attached hydrogens (tertiary/aromatic N) is 1. The van der Waals surface area contributed by atoms with Gasteiger partial charge in [-0.25, -0.2) is 4.39 Å². The molecule has 2 amide bonds. The van der Waals surface area contributed by atoms with Gasteiger partial charge in [-0.15, -0.1) is 0 Å². The molecule has 26 heavy (non-hydrogen) atoms. The summed E-state index contributed by atoms with van der Waals surface area (Å²) in [7, 11) is 0. The fraction of sp³-hybridized carbons (Fsp3) is 0.556. The van der Waals surface area contributed by atoms with Crippen molar-refractivity contribution in [1.82, 2.24) is 4.90 Å². The Morgan fingerprint density at radius 2 is 1.62 bits per heavy atom. The van der Waals surface area contributed by atoms with Crippen LogP contribution in [0.3, 0.4) is 0 Å². The van der Waals surface area contributed by atoms with E-state index in [4.69, 9.17) is 19.9 Å². The van der Waals surface area contributed by atoms with E-state index in [1.54, 1.807) is 31.2 Å². The lowest BCUT2D eigenvalue weighted by Gasteiger charge is -2.19. The van der Waals surface area contributed by atoms with Gasteiger partial charge in [-0.3, -0.25) is 14.5 Å². The molecule has 1 aliphatic heterocycles. The second-order valence-corrected chi connectivity index (χ2v) is 5.97. The number of rotatable bonds is 12. The molecule has 0 saturated heterocycles.